The summed E-state index contributed by atoms with van der Waals surface area (Å²) < 4.78 is 13.6. The molecule has 0 spiro atoms. The molecule has 268 valence electrons. The van der Waals surface area contributed by atoms with Crippen molar-refractivity contribution >= 4 is 35.0 Å². The summed E-state index contributed by atoms with van der Waals surface area (Å²) in [4.78, 5) is 30.7. The number of carbonyl (C=O) groups is 2. The number of nitrogens with one attached hydrogen (secondary N) is 1. The van der Waals surface area contributed by atoms with Crippen LogP contribution >= 0.6 is 23.1 Å². The average Bonchev–Trinajstić information content (AvgIpc) is 3.66. The number of ether oxygens (including phenoxy) is 2. The molecule has 0 saturated carbocycles. The third-order valence-corrected chi connectivity index (χ3v) is 11.3. The zero-order chi connectivity index (χ0) is 36.9. The van der Waals surface area contributed by atoms with Gasteiger partial charge in [-0.05, 0) is 46.2 Å². The number of thioether (sulfide) groups is 1. The number of esters is 1. The number of carbonyl (C=O) groups excluding carboxylic acids is 2. The van der Waals surface area contributed by atoms with Gasteiger partial charge in [0.15, 0.2) is 16.7 Å². The Hall–Kier alpha value is -5.65. The highest BCUT2D eigenvalue weighted by molar-refractivity contribution is 8.03. The Balaban J connectivity index is 1.18. The van der Waals surface area contributed by atoms with Crippen LogP contribution in [0.25, 0.3) is 0 Å². The van der Waals surface area contributed by atoms with E-state index < -0.39 is 29.9 Å². The lowest BCUT2D eigenvalue weighted by atomic mass is 9.75. The highest BCUT2D eigenvalue weighted by atomic mass is 32.2. The van der Waals surface area contributed by atoms with Crippen LogP contribution in [0.4, 0.5) is 0 Å². The summed E-state index contributed by atoms with van der Waals surface area (Å²) in [5.74, 6) is -0.919. The number of benzene rings is 5. The molecule has 0 bridgehead atoms. The van der Waals surface area contributed by atoms with E-state index in [0.717, 1.165) is 37.2 Å². The summed E-state index contributed by atoms with van der Waals surface area (Å²) >= 11 is 2.86. The predicted molar refractivity (Wildman–Crippen MR) is 210 cm³/mol. The molecule has 1 N–H and O–H groups in total. The zero-order valence-corrected chi connectivity index (χ0v) is 31.0. The average molecular weight is 749 g/mol. The molecule has 2 aliphatic heterocycles. The Bertz CT molecular complexity index is 2150. The number of hydrogen-bond acceptors (Lipinski definition) is 9. The van der Waals surface area contributed by atoms with E-state index in [1.165, 1.54) is 28.0 Å². The minimum atomic E-state index is -0.924. The fourth-order valence-electron chi connectivity index (χ4n) is 7.06. The number of fused-ring (bicyclic) bond motifs is 1. The van der Waals surface area contributed by atoms with Gasteiger partial charge >= 0.3 is 5.97 Å². The second-order valence-electron chi connectivity index (χ2n) is 12.9. The summed E-state index contributed by atoms with van der Waals surface area (Å²) in [5.41, 5.74) is 4.26. The van der Waals surface area contributed by atoms with Crippen molar-refractivity contribution in [1.29, 1.82) is 0 Å². The molecule has 0 aliphatic carbocycles. The van der Waals surface area contributed by atoms with E-state index in [2.05, 4.69) is 51.9 Å². The lowest BCUT2D eigenvalue weighted by Crippen LogP contribution is -2.74. The van der Waals surface area contributed by atoms with E-state index in [4.69, 9.17) is 9.47 Å². The van der Waals surface area contributed by atoms with Crippen molar-refractivity contribution < 1.29 is 19.1 Å². The third kappa shape index (κ3) is 6.92. The molecule has 6 aromatic rings. The van der Waals surface area contributed by atoms with Gasteiger partial charge in [0.05, 0.1) is 12.1 Å². The summed E-state index contributed by atoms with van der Waals surface area (Å²) in [5, 5.41) is 14.8. The third-order valence-electron chi connectivity index (χ3n) is 9.56. The maximum Gasteiger partial charge on any atom is 0.356 e. The lowest BCUT2D eigenvalue weighted by molar-refractivity contribution is -0.186. The molecule has 5 aromatic carbocycles. The van der Waals surface area contributed by atoms with Gasteiger partial charge in [-0.25, -0.2) is 4.79 Å². The van der Waals surface area contributed by atoms with Crippen molar-refractivity contribution in [2.24, 2.45) is 0 Å². The van der Waals surface area contributed by atoms with Gasteiger partial charge in [0.1, 0.15) is 16.7 Å². The maximum absolute atomic E-state index is 14.6. The Morgan fingerprint density at radius 2 is 1.31 bits per heavy atom. The molecule has 10 heteroatoms. The van der Waals surface area contributed by atoms with E-state index in [9.17, 15) is 9.59 Å². The molecule has 1 fully saturated rings. The van der Waals surface area contributed by atoms with Crippen molar-refractivity contribution in [2.45, 2.75) is 35.2 Å². The second-order valence-corrected chi connectivity index (χ2v) is 15.2. The molecule has 3 heterocycles. The molecular weight excluding hydrogens is 713 g/mol. The van der Waals surface area contributed by atoms with Crippen LogP contribution in [-0.2, 0) is 24.6 Å². The maximum atomic E-state index is 14.6. The Morgan fingerprint density at radius 3 is 1.80 bits per heavy atom. The van der Waals surface area contributed by atoms with E-state index in [0.29, 0.717) is 5.57 Å². The van der Waals surface area contributed by atoms with Gasteiger partial charge in [0.2, 0.25) is 0 Å². The first-order chi connectivity index (χ1) is 26.5. The molecule has 1 aromatic heterocycles. The molecule has 2 atom stereocenters. The second kappa shape index (κ2) is 15.8. The highest BCUT2D eigenvalue weighted by Gasteiger charge is 2.57. The Kier molecular flexibility index (Phi) is 10.3. The topological polar surface area (TPSA) is 93.7 Å². The highest BCUT2D eigenvalue weighted by Crippen LogP contribution is 2.42. The van der Waals surface area contributed by atoms with Gasteiger partial charge in [-0.3, -0.25) is 15.0 Å². The van der Waals surface area contributed by atoms with Crippen LogP contribution in [0.2, 0.25) is 0 Å². The summed E-state index contributed by atoms with van der Waals surface area (Å²) in [6, 6.07) is 48.7. The monoisotopic (exact) mass is 748 g/mol. The first-order valence-electron chi connectivity index (χ1n) is 17.6. The van der Waals surface area contributed by atoms with Crippen molar-refractivity contribution in [2.75, 3.05) is 6.61 Å². The Morgan fingerprint density at radius 1 is 0.815 bits per heavy atom. The zero-order valence-electron chi connectivity index (χ0n) is 29.3. The fourth-order valence-corrected chi connectivity index (χ4v) is 8.63. The van der Waals surface area contributed by atoms with Crippen molar-refractivity contribution in [3.63, 3.8) is 0 Å². The lowest BCUT2D eigenvalue weighted by Gasteiger charge is -2.52. The quantitative estimate of drug-likeness (QED) is 0.0580. The molecule has 2 aliphatic rings. The van der Waals surface area contributed by atoms with Crippen molar-refractivity contribution in [3.05, 3.63) is 207 Å². The van der Waals surface area contributed by atoms with Crippen LogP contribution in [0.1, 0.15) is 38.9 Å². The number of aromatic nitrogens is 2. The van der Waals surface area contributed by atoms with Gasteiger partial charge < -0.3 is 9.47 Å². The van der Waals surface area contributed by atoms with Gasteiger partial charge in [-0.2, -0.15) is 0 Å². The normalized spacial score (nSPS) is 17.1. The number of nitrogens with zero attached hydrogens (tertiary/aromatic N) is 3. The first-order valence-corrected chi connectivity index (χ1v) is 19.3. The van der Waals surface area contributed by atoms with Gasteiger partial charge in [0.25, 0.3) is 5.91 Å². The van der Waals surface area contributed by atoms with E-state index in [1.807, 2.05) is 128 Å². The van der Waals surface area contributed by atoms with Crippen LogP contribution in [0.5, 0.6) is 0 Å². The molecular formula is C44H36N4O4S2. The smallest absolute Gasteiger partial charge is 0.356 e. The van der Waals surface area contributed by atoms with Gasteiger partial charge in [0, 0.05) is 5.57 Å². The minimum absolute atomic E-state index is 0.0830. The van der Waals surface area contributed by atoms with Crippen LogP contribution < -0.4 is 5.32 Å². The SMILES string of the molecule is Cc1nnc(S/C=C/C2=C(C(=O)OC(c3ccccc3)c3ccccc3)N3C(=O)C(NC(c4ccccc4)(c4ccccc4)c4ccccc4)C3OC2)s1. The molecule has 2 unspecified atom stereocenters. The number of β-lactam (4-membered cyclic amide) rings is 1. The molecule has 8 nitrogen and oxygen atoms in total. The number of rotatable bonds is 12. The van der Waals surface area contributed by atoms with E-state index in [1.54, 1.807) is 6.08 Å². The summed E-state index contributed by atoms with van der Waals surface area (Å²) in [6.07, 6.45) is 0.313. The molecule has 54 heavy (non-hydrogen) atoms. The number of hydrogen-bond donors (Lipinski definition) is 1. The van der Waals surface area contributed by atoms with Crippen molar-refractivity contribution in [1.82, 2.24) is 20.4 Å². The van der Waals surface area contributed by atoms with Crippen LogP contribution in [0, 0.1) is 6.92 Å². The van der Waals surface area contributed by atoms with E-state index >= 15 is 0 Å². The minimum Gasteiger partial charge on any atom is -0.448 e. The van der Waals surface area contributed by atoms with Gasteiger partial charge in [-0.15, -0.1) is 10.2 Å². The van der Waals surface area contributed by atoms with Crippen LogP contribution in [0.15, 0.2) is 179 Å². The number of amides is 1. The molecule has 1 amide bonds. The van der Waals surface area contributed by atoms with E-state index in [-0.39, 0.29) is 18.2 Å². The number of aryl methyl sites for hydroxylation is 1. The first kappa shape index (κ1) is 35.4. The fraction of sp³-hybridized carbons (Fsp3) is 0.136. The van der Waals surface area contributed by atoms with Gasteiger partial charge in [-0.1, -0.05) is 175 Å². The van der Waals surface area contributed by atoms with Crippen LogP contribution in [-0.4, -0.2) is 45.9 Å². The summed E-state index contributed by atoms with van der Waals surface area (Å²) in [7, 11) is 0. The standard InChI is InChI=1S/C44H36N4O4S2/c1-30-46-47-43(54-30)53-28-27-33-29-51-41-37(45-44(34-21-11-4-12-22-34,35-23-13-5-14-24-35)36-25-15-6-16-26-36)40(49)48(41)38(33)42(50)52-39(31-17-7-2-8-18-31)32-19-9-3-10-20-32/h2-28,37,39,41,45H,29H2,1H3/b28-27+. The molecule has 0 radical (unpaired) electrons. The largest absolute Gasteiger partial charge is 0.448 e. The van der Waals surface area contributed by atoms with Crippen molar-refractivity contribution in [3.8, 4) is 0 Å². The molecule has 8 rings (SSSR count). The summed E-state index contributed by atoms with van der Waals surface area (Å²) in [6.45, 7) is 1.98. The Labute approximate surface area is 322 Å². The predicted octanol–water partition coefficient (Wildman–Crippen LogP) is 8.19. The van der Waals surface area contributed by atoms with Crippen LogP contribution in [0.3, 0.4) is 0 Å². The molecule has 1 saturated heterocycles.